The van der Waals surface area contributed by atoms with Gasteiger partial charge in [0.1, 0.15) is 6.61 Å². The number of hydrogen-bond acceptors (Lipinski definition) is 6. The maximum Gasteiger partial charge on any atom is 0.318 e. The van der Waals surface area contributed by atoms with Crippen molar-refractivity contribution in [2.24, 2.45) is 0 Å². The van der Waals surface area contributed by atoms with Gasteiger partial charge in [-0.2, -0.15) is 12.6 Å². The van der Waals surface area contributed by atoms with Gasteiger partial charge in [-0.1, -0.05) is 13.3 Å². The third-order valence-electron chi connectivity index (χ3n) is 2.20. The maximum atomic E-state index is 11.0. The molecule has 0 amide bonds. The van der Waals surface area contributed by atoms with Gasteiger partial charge in [-0.3, -0.25) is 4.79 Å². The molecule has 0 aromatic carbocycles. The first kappa shape index (κ1) is 18.7. The number of hydrogen-bond donors (Lipinski definition) is 1. The van der Waals surface area contributed by atoms with Crippen molar-refractivity contribution >= 4 is 18.6 Å². The molecular weight excluding hydrogens is 268 g/mol. The fourth-order valence-corrected chi connectivity index (χ4v) is 1.18. The van der Waals surface area contributed by atoms with Crippen LogP contribution in [0.2, 0.25) is 0 Å². The topological polar surface area (TPSA) is 54.0 Å². The molecule has 0 fully saturated rings. The summed E-state index contributed by atoms with van der Waals surface area (Å²) in [7, 11) is 0. The molecule has 0 radical (unpaired) electrons. The molecule has 0 aliphatic carbocycles. The van der Waals surface area contributed by atoms with E-state index in [0.29, 0.717) is 33.0 Å². The monoisotopic (exact) mass is 294 g/mol. The number of esters is 1. The van der Waals surface area contributed by atoms with Crippen LogP contribution in [-0.2, 0) is 23.7 Å². The van der Waals surface area contributed by atoms with Gasteiger partial charge in [0, 0.05) is 6.61 Å². The third kappa shape index (κ3) is 13.9. The Morgan fingerprint density at radius 2 is 1.42 bits per heavy atom. The van der Waals surface area contributed by atoms with Crippen molar-refractivity contribution in [2.45, 2.75) is 31.9 Å². The van der Waals surface area contributed by atoms with Gasteiger partial charge in [-0.25, -0.2) is 0 Å². The summed E-state index contributed by atoms with van der Waals surface area (Å²) in [5.74, 6) is -0.326. The zero-order valence-corrected chi connectivity index (χ0v) is 12.8. The van der Waals surface area contributed by atoms with E-state index in [0.717, 1.165) is 19.4 Å². The first-order chi connectivity index (χ1) is 9.18. The highest BCUT2D eigenvalue weighted by atomic mass is 32.1. The molecule has 0 aromatic heterocycles. The lowest BCUT2D eigenvalue weighted by atomic mass is 10.4. The van der Waals surface area contributed by atoms with Crippen LogP contribution in [0.1, 0.15) is 26.7 Å². The predicted octanol–water partition coefficient (Wildman–Crippen LogP) is 1.70. The molecule has 0 aliphatic rings. The summed E-state index contributed by atoms with van der Waals surface area (Å²) >= 11 is 3.96. The molecule has 0 saturated heterocycles. The molecule has 0 aromatic rings. The van der Waals surface area contributed by atoms with E-state index in [1.807, 2.05) is 0 Å². The van der Waals surface area contributed by atoms with Gasteiger partial charge in [0.2, 0.25) is 0 Å². The fraction of sp³-hybridized carbons (Fsp3) is 0.923. The Hall–Kier alpha value is -0.300. The van der Waals surface area contributed by atoms with Gasteiger partial charge >= 0.3 is 5.97 Å². The lowest BCUT2D eigenvalue weighted by Crippen LogP contribution is -2.18. The van der Waals surface area contributed by atoms with Crippen LogP contribution in [0.25, 0.3) is 0 Å². The third-order valence-corrected chi connectivity index (χ3v) is 2.41. The lowest BCUT2D eigenvalue weighted by Gasteiger charge is -2.08. The fourth-order valence-electron chi connectivity index (χ4n) is 1.11. The van der Waals surface area contributed by atoms with Crippen LogP contribution in [0.15, 0.2) is 0 Å². The second-order valence-corrected chi connectivity index (χ2v) is 4.81. The normalized spacial score (nSPS) is 12.4. The van der Waals surface area contributed by atoms with E-state index >= 15 is 0 Å². The van der Waals surface area contributed by atoms with Crippen LogP contribution in [0, 0.1) is 0 Å². The molecule has 5 nitrogen and oxygen atoms in total. The molecule has 0 heterocycles. The molecular formula is C13H26O5S. The van der Waals surface area contributed by atoms with E-state index in [-0.39, 0.29) is 12.6 Å². The zero-order valence-electron chi connectivity index (χ0n) is 11.9. The Balaban J connectivity index is 3.05. The number of unbranched alkanes of at least 4 members (excludes halogenated alkanes) is 1. The lowest BCUT2D eigenvalue weighted by molar-refractivity contribution is -0.144. The smallest absolute Gasteiger partial charge is 0.318 e. The first-order valence-electron chi connectivity index (χ1n) is 6.76. The minimum absolute atomic E-state index is 0.254. The highest BCUT2D eigenvalue weighted by Crippen LogP contribution is 1.95. The van der Waals surface area contributed by atoms with Gasteiger partial charge < -0.3 is 18.9 Å². The molecule has 19 heavy (non-hydrogen) atoms. The Morgan fingerprint density at radius 3 is 1.89 bits per heavy atom. The second-order valence-electron chi connectivity index (χ2n) is 4.03. The number of carbonyl (C=O) groups excluding carboxylic acids is 1. The molecule has 0 spiro atoms. The minimum Gasteiger partial charge on any atom is -0.462 e. The molecule has 6 heteroatoms. The van der Waals surface area contributed by atoms with Gasteiger partial charge in [0.05, 0.1) is 38.3 Å². The highest BCUT2D eigenvalue weighted by Gasteiger charge is 2.07. The van der Waals surface area contributed by atoms with Crippen molar-refractivity contribution in [1.29, 1.82) is 0 Å². The molecule has 0 bridgehead atoms. The summed E-state index contributed by atoms with van der Waals surface area (Å²) in [4.78, 5) is 11.0. The van der Waals surface area contributed by atoms with Crippen molar-refractivity contribution in [3.05, 3.63) is 0 Å². The molecule has 0 aliphatic heterocycles. The summed E-state index contributed by atoms with van der Waals surface area (Å²) in [5.41, 5.74) is 0. The van der Waals surface area contributed by atoms with E-state index in [9.17, 15) is 4.79 Å². The standard InChI is InChI=1S/C13H26O5S/c1-3-4-5-15-6-7-16-8-9-17-10-11-18-13(14)12(2)19/h12,19H,3-11H2,1-2H3. The van der Waals surface area contributed by atoms with Gasteiger partial charge in [-0.05, 0) is 13.3 Å². The van der Waals surface area contributed by atoms with Crippen LogP contribution in [0.5, 0.6) is 0 Å². The van der Waals surface area contributed by atoms with Crippen LogP contribution in [0.3, 0.4) is 0 Å². The average molecular weight is 294 g/mol. The quantitative estimate of drug-likeness (QED) is 0.318. The number of thiol groups is 1. The van der Waals surface area contributed by atoms with Gasteiger partial charge in [-0.15, -0.1) is 0 Å². The Morgan fingerprint density at radius 1 is 0.947 bits per heavy atom. The van der Waals surface area contributed by atoms with Gasteiger partial charge in [0.25, 0.3) is 0 Å². The average Bonchev–Trinajstić information content (AvgIpc) is 2.39. The van der Waals surface area contributed by atoms with E-state index in [4.69, 9.17) is 18.9 Å². The second kappa shape index (κ2) is 14.1. The van der Waals surface area contributed by atoms with E-state index < -0.39 is 5.25 Å². The number of carbonyl (C=O) groups is 1. The van der Waals surface area contributed by atoms with E-state index in [1.54, 1.807) is 6.92 Å². The SMILES string of the molecule is CCCCOCCOCCOCCOC(=O)C(C)S. The number of rotatable bonds is 13. The molecule has 0 N–H and O–H groups in total. The van der Waals surface area contributed by atoms with Crippen molar-refractivity contribution in [3.63, 3.8) is 0 Å². The van der Waals surface area contributed by atoms with Crippen LogP contribution < -0.4 is 0 Å². The van der Waals surface area contributed by atoms with Crippen LogP contribution in [-0.4, -0.2) is 57.5 Å². The number of ether oxygens (including phenoxy) is 4. The van der Waals surface area contributed by atoms with Gasteiger partial charge in [0.15, 0.2) is 0 Å². The van der Waals surface area contributed by atoms with Crippen molar-refractivity contribution in [1.82, 2.24) is 0 Å². The summed E-state index contributed by atoms with van der Waals surface area (Å²) in [6, 6.07) is 0. The van der Waals surface area contributed by atoms with Crippen LogP contribution in [0.4, 0.5) is 0 Å². The molecule has 114 valence electrons. The zero-order chi connectivity index (χ0) is 14.3. The Bertz CT molecular complexity index is 211. The highest BCUT2D eigenvalue weighted by molar-refractivity contribution is 7.81. The summed E-state index contributed by atoms with van der Waals surface area (Å²) in [5, 5.41) is -0.393. The van der Waals surface area contributed by atoms with Crippen molar-refractivity contribution in [2.75, 3.05) is 46.2 Å². The van der Waals surface area contributed by atoms with Crippen molar-refractivity contribution in [3.8, 4) is 0 Å². The summed E-state index contributed by atoms with van der Waals surface area (Å²) < 4.78 is 20.8. The molecule has 0 saturated carbocycles. The Labute approximate surface area is 121 Å². The maximum absolute atomic E-state index is 11.0. The summed E-state index contributed by atoms with van der Waals surface area (Å²) in [6.45, 7) is 7.44. The largest absolute Gasteiger partial charge is 0.462 e. The first-order valence-corrected chi connectivity index (χ1v) is 7.28. The van der Waals surface area contributed by atoms with E-state index in [1.165, 1.54) is 0 Å². The summed E-state index contributed by atoms with van der Waals surface area (Å²) in [6.07, 6.45) is 2.23. The molecule has 1 unspecified atom stereocenters. The van der Waals surface area contributed by atoms with Crippen LogP contribution >= 0.6 is 12.6 Å². The minimum atomic E-state index is -0.393. The van der Waals surface area contributed by atoms with E-state index in [2.05, 4.69) is 19.6 Å². The van der Waals surface area contributed by atoms with Crippen molar-refractivity contribution < 1.29 is 23.7 Å². The Kier molecular flexibility index (Phi) is 13.9. The molecule has 1 atom stereocenters. The predicted molar refractivity (Wildman–Crippen MR) is 76.8 cm³/mol. The molecule has 0 rings (SSSR count).